The Labute approximate surface area is 204 Å². The van der Waals surface area contributed by atoms with E-state index < -0.39 is 0 Å². The van der Waals surface area contributed by atoms with Crippen LogP contribution in [0, 0.1) is 6.92 Å². The normalized spacial score (nSPS) is 11.5. The van der Waals surface area contributed by atoms with Crippen molar-refractivity contribution in [2.45, 2.75) is 26.3 Å². The number of carbonyl (C=O) groups excluding carboxylic acids is 1. The minimum Gasteiger partial charge on any atom is -0.504 e. The number of hydrogen-bond donors (Lipinski definition) is 3. The lowest BCUT2D eigenvalue weighted by Gasteiger charge is -2.19. The standard InChI is InChI=1S/C28H28N4O3/c1-4-23(19-8-6-10-22(14-19)30-28(34)21-9-5-7-18(2)13-21)31-27-17-29-16-24(32-27)20-11-12-25(33)26(15-20)35-3/h5-17,23,33H,4H2,1-3H3,(H,30,34)(H,31,32)/t23-/m0/s1. The summed E-state index contributed by atoms with van der Waals surface area (Å²) in [4.78, 5) is 21.7. The van der Waals surface area contributed by atoms with Gasteiger partial charge in [-0.05, 0) is 61.4 Å². The maximum atomic E-state index is 12.7. The molecule has 0 bridgehead atoms. The monoisotopic (exact) mass is 468 g/mol. The van der Waals surface area contributed by atoms with Crippen LogP contribution in [0.2, 0.25) is 0 Å². The van der Waals surface area contributed by atoms with Crippen molar-refractivity contribution >= 4 is 17.4 Å². The van der Waals surface area contributed by atoms with E-state index in [0.717, 1.165) is 28.8 Å². The van der Waals surface area contributed by atoms with Crippen LogP contribution in [0.15, 0.2) is 79.1 Å². The summed E-state index contributed by atoms with van der Waals surface area (Å²) in [5.74, 6) is 0.919. The second-order valence-electron chi connectivity index (χ2n) is 8.23. The first-order valence-corrected chi connectivity index (χ1v) is 11.4. The number of benzene rings is 3. The van der Waals surface area contributed by atoms with E-state index >= 15 is 0 Å². The minimum absolute atomic E-state index is 0.0373. The van der Waals surface area contributed by atoms with E-state index in [1.165, 1.54) is 7.11 Å². The Morgan fingerprint density at radius 1 is 1.06 bits per heavy atom. The van der Waals surface area contributed by atoms with Crippen LogP contribution < -0.4 is 15.4 Å². The Bertz CT molecular complexity index is 1340. The van der Waals surface area contributed by atoms with Crippen LogP contribution in [-0.4, -0.2) is 28.1 Å². The van der Waals surface area contributed by atoms with Crippen molar-refractivity contribution in [1.82, 2.24) is 9.97 Å². The van der Waals surface area contributed by atoms with Crippen LogP contribution in [0.3, 0.4) is 0 Å². The molecule has 1 atom stereocenters. The highest BCUT2D eigenvalue weighted by atomic mass is 16.5. The quantitative estimate of drug-likeness (QED) is 0.294. The Balaban J connectivity index is 1.52. The number of carbonyl (C=O) groups is 1. The highest BCUT2D eigenvalue weighted by molar-refractivity contribution is 6.04. The Morgan fingerprint density at radius 3 is 2.66 bits per heavy atom. The van der Waals surface area contributed by atoms with E-state index in [9.17, 15) is 9.90 Å². The third-order valence-corrected chi connectivity index (χ3v) is 5.67. The number of phenols is 1. The zero-order chi connectivity index (χ0) is 24.8. The summed E-state index contributed by atoms with van der Waals surface area (Å²) in [6.07, 6.45) is 4.14. The molecule has 3 N–H and O–H groups in total. The molecule has 0 unspecified atom stereocenters. The summed E-state index contributed by atoms with van der Waals surface area (Å²) in [5.41, 5.74) is 4.85. The summed E-state index contributed by atoms with van der Waals surface area (Å²) in [7, 11) is 1.51. The van der Waals surface area contributed by atoms with E-state index in [0.29, 0.717) is 22.8 Å². The molecule has 178 valence electrons. The molecule has 0 spiro atoms. The van der Waals surface area contributed by atoms with E-state index in [-0.39, 0.29) is 17.7 Å². The highest BCUT2D eigenvalue weighted by Gasteiger charge is 2.14. The number of anilines is 2. The molecular formula is C28H28N4O3. The van der Waals surface area contributed by atoms with Gasteiger partial charge in [0.2, 0.25) is 0 Å². The molecule has 35 heavy (non-hydrogen) atoms. The third kappa shape index (κ3) is 5.76. The number of aromatic nitrogens is 2. The molecule has 1 amide bonds. The van der Waals surface area contributed by atoms with Crippen LogP contribution in [-0.2, 0) is 0 Å². The van der Waals surface area contributed by atoms with Gasteiger partial charge in [0.05, 0.1) is 31.2 Å². The predicted molar refractivity (Wildman–Crippen MR) is 138 cm³/mol. The minimum atomic E-state index is -0.144. The first-order valence-electron chi connectivity index (χ1n) is 11.4. The molecule has 4 aromatic rings. The molecule has 0 aliphatic heterocycles. The molecule has 4 rings (SSSR count). The van der Waals surface area contributed by atoms with Crippen molar-refractivity contribution in [1.29, 1.82) is 0 Å². The van der Waals surface area contributed by atoms with Crippen molar-refractivity contribution in [3.8, 4) is 22.8 Å². The summed E-state index contributed by atoms with van der Waals surface area (Å²) < 4.78 is 5.21. The number of amides is 1. The molecule has 0 aliphatic rings. The molecule has 1 aromatic heterocycles. The number of hydrogen-bond acceptors (Lipinski definition) is 6. The Kier molecular flexibility index (Phi) is 7.26. The molecule has 1 heterocycles. The fourth-order valence-electron chi connectivity index (χ4n) is 3.83. The summed E-state index contributed by atoms with van der Waals surface area (Å²) in [6.45, 7) is 4.04. The number of phenolic OH excluding ortho intramolecular Hbond substituents is 1. The van der Waals surface area contributed by atoms with Crippen molar-refractivity contribution in [3.05, 3.63) is 95.8 Å². The number of methoxy groups -OCH3 is 1. The van der Waals surface area contributed by atoms with Gasteiger partial charge in [-0.15, -0.1) is 0 Å². The maximum absolute atomic E-state index is 12.7. The average molecular weight is 469 g/mol. The van der Waals surface area contributed by atoms with E-state index in [2.05, 4.69) is 22.5 Å². The maximum Gasteiger partial charge on any atom is 0.255 e. The van der Waals surface area contributed by atoms with Crippen molar-refractivity contribution < 1.29 is 14.6 Å². The van der Waals surface area contributed by atoms with Gasteiger partial charge in [0.25, 0.3) is 5.91 Å². The molecule has 0 fully saturated rings. The smallest absolute Gasteiger partial charge is 0.255 e. The topological polar surface area (TPSA) is 96.4 Å². The first-order chi connectivity index (χ1) is 17.0. The van der Waals surface area contributed by atoms with E-state index in [4.69, 9.17) is 9.72 Å². The van der Waals surface area contributed by atoms with Gasteiger partial charge in [-0.3, -0.25) is 9.78 Å². The van der Waals surface area contributed by atoms with Crippen LogP contribution in [0.5, 0.6) is 11.5 Å². The summed E-state index contributed by atoms with van der Waals surface area (Å²) in [5, 5.41) is 16.3. The zero-order valence-corrected chi connectivity index (χ0v) is 19.9. The van der Waals surface area contributed by atoms with E-state index in [1.54, 1.807) is 36.7 Å². The number of nitrogens with zero attached hydrogens (tertiary/aromatic N) is 2. The number of aromatic hydroxyl groups is 1. The van der Waals surface area contributed by atoms with Crippen LogP contribution >= 0.6 is 0 Å². The van der Waals surface area contributed by atoms with Gasteiger partial charge in [0.1, 0.15) is 5.82 Å². The third-order valence-electron chi connectivity index (χ3n) is 5.67. The van der Waals surface area contributed by atoms with Gasteiger partial charge in [-0.25, -0.2) is 4.98 Å². The largest absolute Gasteiger partial charge is 0.504 e. The van der Waals surface area contributed by atoms with Crippen molar-refractivity contribution in [2.24, 2.45) is 0 Å². The van der Waals surface area contributed by atoms with Gasteiger partial charge < -0.3 is 20.5 Å². The molecule has 7 nitrogen and oxygen atoms in total. The van der Waals surface area contributed by atoms with Crippen LogP contribution in [0.25, 0.3) is 11.3 Å². The SMILES string of the molecule is CC[C@H](Nc1cncc(-c2ccc(O)c(OC)c2)n1)c1cccc(NC(=O)c2cccc(C)c2)c1. The Hall–Kier alpha value is -4.39. The summed E-state index contributed by atoms with van der Waals surface area (Å²) >= 11 is 0. The average Bonchev–Trinajstić information content (AvgIpc) is 2.88. The molecular weight excluding hydrogens is 440 g/mol. The number of aryl methyl sites for hydroxylation is 1. The van der Waals surface area contributed by atoms with E-state index in [1.807, 2.05) is 49.4 Å². The second kappa shape index (κ2) is 10.7. The number of rotatable bonds is 8. The van der Waals surface area contributed by atoms with Gasteiger partial charge in [0, 0.05) is 16.8 Å². The van der Waals surface area contributed by atoms with Gasteiger partial charge in [0.15, 0.2) is 11.5 Å². The molecule has 3 aromatic carbocycles. The van der Waals surface area contributed by atoms with Gasteiger partial charge in [-0.2, -0.15) is 0 Å². The lowest BCUT2D eigenvalue weighted by molar-refractivity contribution is 0.102. The highest BCUT2D eigenvalue weighted by Crippen LogP contribution is 2.31. The molecule has 0 aliphatic carbocycles. The zero-order valence-electron chi connectivity index (χ0n) is 19.9. The first kappa shape index (κ1) is 23.8. The molecule has 0 radical (unpaired) electrons. The van der Waals surface area contributed by atoms with Gasteiger partial charge in [-0.1, -0.05) is 36.8 Å². The van der Waals surface area contributed by atoms with Gasteiger partial charge >= 0.3 is 0 Å². The van der Waals surface area contributed by atoms with Crippen LogP contribution in [0.1, 0.15) is 40.9 Å². The number of ether oxygens (including phenoxy) is 1. The predicted octanol–water partition coefficient (Wildman–Crippen LogP) is 5.98. The number of nitrogens with one attached hydrogen (secondary N) is 2. The fourth-order valence-corrected chi connectivity index (χ4v) is 3.83. The molecule has 7 heteroatoms. The lowest BCUT2D eigenvalue weighted by Crippen LogP contribution is -2.14. The van der Waals surface area contributed by atoms with Crippen molar-refractivity contribution in [2.75, 3.05) is 17.7 Å². The van der Waals surface area contributed by atoms with Crippen molar-refractivity contribution in [3.63, 3.8) is 0 Å². The lowest BCUT2D eigenvalue weighted by atomic mass is 10.0. The second-order valence-corrected chi connectivity index (χ2v) is 8.23. The fraction of sp³-hybridized carbons (Fsp3) is 0.179. The summed E-state index contributed by atoms with van der Waals surface area (Å²) in [6, 6.07) is 20.3. The van der Waals surface area contributed by atoms with Crippen LogP contribution in [0.4, 0.5) is 11.5 Å². The Morgan fingerprint density at radius 2 is 1.89 bits per heavy atom. The molecule has 0 saturated carbocycles. The molecule has 0 saturated heterocycles.